The van der Waals surface area contributed by atoms with Crippen molar-refractivity contribution in [1.82, 2.24) is 4.57 Å². The van der Waals surface area contributed by atoms with Crippen molar-refractivity contribution >= 4 is 22.5 Å². The average Bonchev–Trinajstić information content (AvgIpc) is 2.86. The van der Waals surface area contributed by atoms with Crippen LogP contribution in [0.3, 0.4) is 0 Å². The molecule has 1 aliphatic carbocycles. The fraction of sp³-hybridized carbons (Fsp3) is 0.433. The number of fused-ring (bicyclic) bond motifs is 2. The van der Waals surface area contributed by atoms with E-state index in [9.17, 15) is 19.5 Å². The number of phenolic OH excluding ortho intramolecular Hbond substituents is 1. The summed E-state index contributed by atoms with van der Waals surface area (Å²) in [7, 11) is 1.62. The Kier molecular flexibility index (Phi) is 7.84. The van der Waals surface area contributed by atoms with Crippen LogP contribution in [-0.4, -0.2) is 21.2 Å². The van der Waals surface area contributed by atoms with Gasteiger partial charge >= 0.3 is 0 Å². The maximum Gasteiger partial charge on any atom is 0.262 e. The summed E-state index contributed by atoms with van der Waals surface area (Å²) in [6.45, 7) is 2.23. The maximum atomic E-state index is 13.4. The van der Waals surface area contributed by atoms with E-state index in [4.69, 9.17) is 0 Å². The number of ketones is 2. The van der Waals surface area contributed by atoms with Gasteiger partial charge in [-0.3, -0.25) is 14.4 Å². The number of carbonyl (C=O) groups is 2. The van der Waals surface area contributed by atoms with Crippen molar-refractivity contribution in [1.29, 1.82) is 0 Å². The number of benzene rings is 2. The molecular weight excluding hydrogens is 438 g/mol. The number of Topliss-reactive ketones (excluding diaryl/α,β-unsaturated/α-hetero) is 1. The number of hydrogen-bond acceptors (Lipinski definition) is 4. The van der Waals surface area contributed by atoms with E-state index in [1.54, 1.807) is 37.4 Å². The minimum atomic E-state index is -0.356. The number of pyridine rings is 1. The summed E-state index contributed by atoms with van der Waals surface area (Å²) in [5, 5.41) is 11.1. The summed E-state index contributed by atoms with van der Waals surface area (Å²) in [4.78, 5) is 40.1. The standard InChI is InChI=1S/C30H35NO4/c1-3-4-5-6-7-8-9-10-11-12-17-23(32)28-25-20-15-13-14-16-21(20)29(34)27-24(33)19-18-22(26(25)27)31(2)30(28)35/h13-16,18-19,33H,3-12,17H2,1-2H3. The molecule has 35 heavy (non-hydrogen) atoms. The molecule has 1 aliphatic rings. The van der Waals surface area contributed by atoms with Crippen LogP contribution in [0.15, 0.2) is 41.2 Å². The normalized spacial score (nSPS) is 12.2. The number of carbonyl (C=O) groups excluding carboxylic acids is 2. The monoisotopic (exact) mass is 473 g/mol. The van der Waals surface area contributed by atoms with Crippen molar-refractivity contribution < 1.29 is 14.7 Å². The average molecular weight is 474 g/mol. The van der Waals surface area contributed by atoms with Gasteiger partial charge in [-0.15, -0.1) is 0 Å². The van der Waals surface area contributed by atoms with Gasteiger partial charge in [0.05, 0.1) is 16.6 Å². The highest BCUT2D eigenvalue weighted by molar-refractivity contribution is 6.28. The highest BCUT2D eigenvalue weighted by Gasteiger charge is 2.33. The summed E-state index contributed by atoms with van der Waals surface area (Å²) >= 11 is 0. The number of hydrogen-bond donors (Lipinski definition) is 1. The number of nitrogens with zero attached hydrogens (tertiary/aromatic N) is 1. The van der Waals surface area contributed by atoms with Crippen LogP contribution in [0.25, 0.3) is 22.0 Å². The quantitative estimate of drug-likeness (QED) is 0.178. The molecule has 0 amide bonds. The second kappa shape index (κ2) is 11.0. The lowest BCUT2D eigenvalue weighted by Gasteiger charge is -2.24. The third kappa shape index (κ3) is 4.82. The van der Waals surface area contributed by atoms with E-state index in [0.717, 1.165) is 19.3 Å². The first-order valence-electron chi connectivity index (χ1n) is 13.0. The number of aromatic hydroxyl groups is 1. The van der Waals surface area contributed by atoms with E-state index < -0.39 is 0 Å². The van der Waals surface area contributed by atoms with Crippen LogP contribution in [0.5, 0.6) is 5.75 Å². The van der Waals surface area contributed by atoms with Crippen LogP contribution in [0.2, 0.25) is 0 Å². The van der Waals surface area contributed by atoms with Crippen LogP contribution in [0.1, 0.15) is 104 Å². The summed E-state index contributed by atoms with van der Waals surface area (Å²) in [5.41, 5.74) is 1.96. The molecule has 0 atom stereocenters. The molecule has 5 heteroatoms. The van der Waals surface area contributed by atoms with Crippen molar-refractivity contribution in [2.45, 2.75) is 77.6 Å². The molecule has 0 fully saturated rings. The van der Waals surface area contributed by atoms with Gasteiger partial charge in [0.1, 0.15) is 5.75 Å². The van der Waals surface area contributed by atoms with Gasteiger partial charge in [0.2, 0.25) is 0 Å². The Morgan fingerprint density at radius 3 is 2.06 bits per heavy atom. The Labute approximate surface area is 206 Å². The molecule has 0 saturated carbocycles. The van der Waals surface area contributed by atoms with Gasteiger partial charge in [0, 0.05) is 30.0 Å². The lowest BCUT2D eigenvalue weighted by Crippen LogP contribution is -2.28. The number of unbranched alkanes of at least 4 members (excludes halogenated alkanes) is 9. The van der Waals surface area contributed by atoms with Crippen LogP contribution >= 0.6 is 0 Å². The molecule has 0 unspecified atom stereocenters. The van der Waals surface area contributed by atoms with Crippen molar-refractivity contribution in [3.8, 4) is 16.9 Å². The second-order valence-corrected chi connectivity index (χ2v) is 9.70. The largest absolute Gasteiger partial charge is 0.507 e. The van der Waals surface area contributed by atoms with Crippen molar-refractivity contribution in [2.75, 3.05) is 0 Å². The van der Waals surface area contributed by atoms with Gasteiger partial charge in [-0.05, 0) is 24.1 Å². The predicted molar refractivity (Wildman–Crippen MR) is 141 cm³/mol. The van der Waals surface area contributed by atoms with Crippen LogP contribution in [0, 0.1) is 0 Å². The number of aryl methyl sites for hydroxylation is 1. The van der Waals surface area contributed by atoms with E-state index in [2.05, 4.69) is 6.92 Å². The predicted octanol–water partition coefficient (Wildman–Crippen LogP) is 6.95. The Hall–Kier alpha value is -3.21. The van der Waals surface area contributed by atoms with E-state index in [-0.39, 0.29) is 34.0 Å². The molecule has 0 saturated heterocycles. The summed E-state index contributed by atoms with van der Waals surface area (Å²) in [6, 6.07) is 10.1. The van der Waals surface area contributed by atoms with Crippen molar-refractivity contribution in [2.24, 2.45) is 7.05 Å². The van der Waals surface area contributed by atoms with E-state index in [1.807, 2.05) is 0 Å². The van der Waals surface area contributed by atoms with E-state index in [0.29, 0.717) is 34.0 Å². The maximum absolute atomic E-state index is 13.4. The second-order valence-electron chi connectivity index (χ2n) is 9.70. The van der Waals surface area contributed by atoms with Gasteiger partial charge in [0.15, 0.2) is 11.6 Å². The van der Waals surface area contributed by atoms with Gasteiger partial charge in [-0.25, -0.2) is 0 Å². The molecule has 2 aromatic carbocycles. The summed E-state index contributed by atoms with van der Waals surface area (Å²) < 4.78 is 1.43. The molecule has 1 aromatic heterocycles. The molecule has 0 bridgehead atoms. The minimum absolute atomic E-state index is 0.128. The molecule has 4 rings (SSSR count). The van der Waals surface area contributed by atoms with Crippen molar-refractivity contribution in [3.63, 3.8) is 0 Å². The first-order valence-corrected chi connectivity index (χ1v) is 13.0. The molecule has 0 radical (unpaired) electrons. The fourth-order valence-corrected chi connectivity index (χ4v) is 5.31. The number of phenols is 1. The van der Waals surface area contributed by atoms with Crippen LogP contribution in [-0.2, 0) is 7.05 Å². The topological polar surface area (TPSA) is 76.4 Å². The first-order chi connectivity index (χ1) is 17.0. The Balaban J connectivity index is 1.57. The van der Waals surface area contributed by atoms with Gasteiger partial charge in [-0.2, -0.15) is 0 Å². The van der Waals surface area contributed by atoms with E-state index >= 15 is 0 Å². The smallest absolute Gasteiger partial charge is 0.262 e. The third-order valence-corrected chi connectivity index (χ3v) is 7.25. The van der Waals surface area contributed by atoms with E-state index in [1.165, 1.54) is 55.6 Å². The Bertz CT molecular complexity index is 1320. The molecule has 184 valence electrons. The Morgan fingerprint density at radius 1 is 0.800 bits per heavy atom. The van der Waals surface area contributed by atoms with Gasteiger partial charge in [0.25, 0.3) is 5.56 Å². The Morgan fingerprint density at radius 2 is 1.40 bits per heavy atom. The molecule has 3 aromatic rings. The SMILES string of the molecule is CCCCCCCCCCCCC(=O)c1c2c3c(c(O)ccc3n(C)c1=O)C(=O)c1ccccc1-2. The molecular formula is C30H35NO4. The molecule has 5 nitrogen and oxygen atoms in total. The van der Waals surface area contributed by atoms with Crippen LogP contribution < -0.4 is 5.56 Å². The number of rotatable bonds is 12. The van der Waals surface area contributed by atoms with Gasteiger partial charge < -0.3 is 9.67 Å². The minimum Gasteiger partial charge on any atom is -0.507 e. The molecule has 1 N–H and O–H groups in total. The highest BCUT2D eigenvalue weighted by Crippen LogP contribution is 2.43. The third-order valence-electron chi connectivity index (χ3n) is 7.25. The molecule has 0 spiro atoms. The molecule has 1 heterocycles. The van der Waals surface area contributed by atoms with Crippen molar-refractivity contribution in [3.05, 3.63) is 63.4 Å². The number of aromatic nitrogens is 1. The summed E-state index contributed by atoms with van der Waals surface area (Å²) in [6.07, 6.45) is 12.0. The zero-order valence-electron chi connectivity index (χ0n) is 20.9. The lowest BCUT2D eigenvalue weighted by atomic mass is 9.80. The molecule has 0 aliphatic heterocycles. The highest BCUT2D eigenvalue weighted by atomic mass is 16.3. The zero-order valence-corrected chi connectivity index (χ0v) is 20.9. The fourth-order valence-electron chi connectivity index (χ4n) is 5.31. The van der Waals surface area contributed by atoms with Crippen LogP contribution in [0.4, 0.5) is 0 Å². The zero-order chi connectivity index (χ0) is 24.9. The first kappa shape index (κ1) is 24.9. The lowest BCUT2D eigenvalue weighted by molar-refractivity contribution is 0.0975. The summed E-state index contributed by atoms with van der Waals surface area (Å²) in [5.74, 6) is -0.617. The van der Waals surface area contributed by atoms with Gasteiger partial charge in [-0.1, -0.05) is 89.0 Å².